The smallest absolute Gasteiger partial charge is 0.134 e. The van der Waals surface area contributed by atoms with Crippen LogP contribution < -0.4 is 5.32 Å². The lowest BCUT2D eigenvalue weighted by Crippen LogP contribution is -2.26. The van der Waals surface area contributed by atoms with E-state index in [9.17, 15) is 0 Å². The highest BCUT2D eigenvalue weighted by Crippen LogP contribution is 2.19. The van der Waals surface area contributed by atoms with Crippen LogP contribution in [0.25, 0.3) is 0 Å². The van der Waals surface area contributed by atoms with Gasteiger partial charge < -0.3 is 10.4 Å². The average Bonchev–Trinajstić information content (AvgIpc) is 2.73. The van der Waals surface area contributed by atoms with Crippen molar-refractivity contribution in [2.45, 2.75) is 26.8 Å². The molecule has 1 rings (SSSR count). The summed E-state index contributed by atoms with van der Waals surface area (Å²) >= 11 is 1.40. The Kier molecular flexibility index (Phi) is 6.29. The molecular formula is C10H20N4OS. The van der Waals surface area contributed by atoms with Crippen LogP contribution in [0.1, 0.15) is 26.0 Å². The van der Waals surface area contributed by atoms with Crippen LogP contribution in [0.15, 0.2) is 0 Å². The fourth-order valence-electron chi connectivity index (χ4n) is 1.39. The molecule has 6 heteroatoms. The van der Waals surface area contributed by atoms with Crippen molar-refractivity contribution in [3.8, 4) is 0 Å². The van der Waals surface area contributed by atoms with E-state index in [1.54, 1.807) is 0 Å². The van der Waals surface area contributed by atoms with E-state index in [4.69, 9.17) is 5.11 Å². The molecule has 0 bridgehead atoms. The van der Waals surface area contributed by atoms with Gasteiger partial charge in [-0.05, 0) is 13.0 Å². The largest absolute Gasteiger partial charge is 0.395 e. The van der Waals surface area contributed by atoms with Gasteiger partial charge in [-0.25, -0.2) is 0 Å². The predicted octanol–water partition coefficient (Wildman–Crippen LogP) is 1.17. The first-order valence-electron chi connectivity index (χ1n) is 5.70. The third-order valence-electron chi connectivity index (χ3n) is 2.33. The van der Waals surface area contributed by atoms with E-state index >= 15 is 0 Å². The van der Waals surface area contributed by atoms with Crippen molar-refractivity contribution in [3.05, 3.63) is 5.69 Å². The SMILES string of the molecule is CCCNc1snnc1CN(CC)CCO. The second kappa shape index (κ2) is 7.54. The highest BCUT2D eigenvalue weighted by Gasteiger charge is 2.11. The van der Waals surface area contributed by atoms with E-state index in [-0.39, 0.29) is 6.61 Å². The molecule has 1 aromatic heterocycles. The summed E-state index contributed by atoms with van der Waals surface area (Å²) in [6.07, 6.45) is 1.09. The summed E-state index contributed by atoms with van der Waals surface area (Å²) in [5.74, 6) is 0. The van der Waals surface area contributed by atoms with E-state index in [1.807, 2.05) is 0 Å². The van der Waals surface area contributed by atoms with E-state index < -0.39 is 0 Å². The summed E-state index contributed by atoms with van der Waals surface area (Å²) in [7, 11) is 0. The minimum absolute atomic E-state index is 0.184. The zero-order valence-corrected chi connectivity index (χ0v) is 10.8. The number of likely N-dealkylation sites (N-methyl/N-ethyl adjacent to an activating group) is 1. The second-order valence-electron chi connectivity index (χ2n) is 3.57. The minimum atomic E-state index is 0.184. The fourth-order valence-corrected chi connectivity index (χ4v) is 1.99. The van der Waals surface area contributed by atoms with Crippen molar-refractivity contribution >= 4 is 16.5 Å². The van der Waals surface area contributed by atoms with Gasteiger partial charge in [-0.1, -0.05) is 18.3 Å². The summed E-state index contributed by atoms with van der Waals surface area (Å²) in [5, 5.41) is 17.4. The molecule has 0 aliphatic carbocycles. The normalized spacial score (nSPS) is 11.0. The van der Waals surface area contributed by atoms with Crippen LogP contribution in [0, 0.1) is 0 Å². The van der Waals surface area contributed by atoms with E-state index in [2.05, 4.69) is 33.7 Å². The zero-order valence-electron chi connectivity index (χ0n) is 9.94. The summed E-state index contributed by atoms with van der Waals surface area (Å²) in [5.41, 5.74) is 0.980. The number of anilines is 1. The Hall–Kier alpha value is -0.720. The molecule has 16 heavy (non-hydrogen) atoms. The molecule has 0 amide bonds. The van der Waals surface area contributed by atoms with Crippen molar-refractivity contribution in [2.75, 3.05) is 31.6 Å². The van der Waals surface area contributed by atoms with Crippen LogP contribution in [0.5, 0.6) is 0 Å². The van der Waals surface area contributed by atoms with Crippen molar-refractivity contribution in [3.63, 3.8) is 0 Å². The molecular weight excluding hydrogens is 224 g/mol. The molecule has 92 valence electrons. The molecule has 0 fully saturated rings. The average molecular weight is 244 g/mol. The maximum Gasteiger partial charge on any atom is 0.134 e. The number of aliphatic hydroxyl groups excluding tert-OH is 1. The molecule has 1 heterocycles. The minimum Gasteiger partial charge on any atom is -0.395 e. The number of nitrogens with one attached hydrogen (secondary N) is 1. The lowest BCUT2D eigenvalue weighted by Gasteiger charge is -2.18. The van der Waals surface area contributed by atoms with Gasteiger partial charge in [0, 0.05) is 31.2 Å². The van der Waals surface area contributed by atoms with Crippen molar-refractivity contribution < 1.29 is 5.11 Å². The molecule has 2 N–H and O–H groups in total. The molecule has 0 radical (unpaired) electrons. The molecule has 0 aliphatic heterocycles. The molecule has 0 aliphatic rings. The number of rotatable bonds is 8. The van der Waals surface area contributed by atoms with Crippen LogP contribution in [0.2, 0.25) is 0 Å². The third-order valence-corrected chi connectivity index (χ3v) is 3.05. The Bertz CT molecular complexity index is 292. The first-order chi connectivity index (χ1) is 7.81. The lowest BCUT2D eigenvalue weighted by atomic mass is 10.3. The molecule has 1 aromatic rings. The molecule has 0 atom stereocenters. The first-order valence-corrected chi connectivity index (χ1v) is 6.47. The molecule has 0 aromatic carbocycles. The Labute approximate surface area is 101 Å². The van der Waals surface area contributed by atoms with Gasteiger partial charge in [-0.3, -0.25) is 4.90 Å². The van der Waals surface area contributed by atoms with E-state index in [1.165, 1.54) is 11.5 Å². The Morgan fingerprint density at radius 2 is 2.25 bits per heavy atom. The van der Waals surface area contributed by atoms with Gasteiger partial charge in [-0.15, -0.1) is 5.10 Å². The number of aromatic nitrogens is 2. The van der Waals surface area contributed by atoms with Gasteiger partial charge in [0.2, 0.25) is 0 Å². The van der Waals surface area contributed by atoms with Crippen LogP contribution in [-0.2, 0) is 6.54 Å². The Morgan fingerprint density at radius 1 is 1.44 bits per heavy atom. The molecule has 0 saturated carbocycles. The molecule has 0 unspecified atom stereocenters. The molecule has 5 nitrogen and oxygen atoms in total. The quantitative estimate of drug-likeness (QED) is 0.719. The molecule has 0 spiro atoms. The monoisotopic (exact) mass is 244 g/mol. The van der Waals surface area contributed by atoms with Gasteiger partial charge in [-0.2, -0.15) is 0 Å². The van der Waals surface area contributed by atoms with Gasteiger partial charge in [0.15, 0.2) is 0 Å². The highest BCUT2D eigenvalue weighted by molar-refractivity contribution is 7.10. The van der Waals surface area contributed by atoms with Crippen LogP contribution in [-0.4, -0.2) is 45.8 Å². The van der Waals surface area contributed by atoms with Gasteiger partial charge in [0.25, 0.3) is 0 Å². The van der Waals surface area contributed by atoms with Crippen LogP contribution >= 0.6 is 11.5 Å². The summed E-state index contributed by atoms with van der Waals surface area (Å²) in [6, 6.07) is 0. The maximum absolute atomic E-state index is 8.92. The Balaban J connectivity index is 2.54. The standard InChI is InChI=1S/C10H20N4OS/c1-3-5-11-10-9(12-13-16-10)8-14(4-2)6-7-15/h11,15H,3-8H2,1-2H3. The van der Waals surface area contributed by atoms with E-state index in [0.29, 0.717) is 6.54 Å². The molecule has 0 saturated heterocycles. The van der Waals surface area contributed by atoms with Crippen LogP contribution in [0.4, 0.5) is 5.00 Å². The maximum atomic E-state index is 8.92. The summed E-state index contributed by atoms with van der Waals surface area (Å²) in [4.78, 5) is 2.15. The van der Waals surface area contributed by atoms with Crippen molar-refractivity contribution in [1.82, 2.24) is 14.5 Å². The zero-order chi connectivity index (χ0) is 11.8. The van der Waals surface area contributed by atoms with Crippen molar-refractivity contribution in [1.29, 1.82) is 0 Å². The second-order valence-corrected chi connectivity index (χ2v) is 4.32. The van der Waals surface area contributed by atoms with Gasteiger partial charge >= 0.3 is 0 Å². The summed E-state index contributed by atoms with van der Waals surface area (Å²) < 4.78 is 3.96. The Morgan fingerprint density at radius 3 is 2.88 bits per heavy atom. The topological polar surface area (TPSA) is 61.3 Å². The lowest BCUT2D eigenvalue weighted by molar-refractivity contribution is 0.195. The van der Waals surface area contributed by atoms with Gasteiger partial charge in [0.05, 0.1) is 6.61 Å². The first kappa shape index (κ1) is 13.3. The van der Waals surface area contributed by atoms with Crippen molar-refractivity contribution in [2.24, 2.45) is 0 Å². The van der Waals surface area contributed by atoms with E-state index in [0.717, 1.165) is 36.8 Å². The number of hydrogen-bond donors (Lipinski definition) is 2. The highest BCUT2D eigenvalue weighted by atomic mass is 32.1. The third kappa shape index (κ3) is 4.03. The number of aliphatic hydroxyl groups is 1. The fraction of sp³-hybridized carbons (Fsp3) is 0.800. The van der Waals surface area contributed by atoms with Crippen LogP contribution in [0.3, 0.4) is 0 Å². The number of nitrogens with zero attached hydrogens (tertiary/aromatic N) is 3. The summed E-state index contributed by atoms with van der Waals surface area (Å²) in [6.45, 7) is 7.68. The predicted molar refractivity (Wildman–Crippen MR) is 66.7 cm³/mol. The number of hydrogen-bond acceptors (Lipinski definition) is 6. The van der Waals surface area contributed by atoms with Gasteiger partial charge in [0.1, 0.15) is 10.7 Å².